The summed E-state index contributed by atoms with van der Waals surface area (Å²) >= 11 is 0. The number of aromatic nitrogens is 1. The van der Waals surface area contributed by atoms with E-state index in [9.17, 15) is 4.79 Å². The number of hydrogen-bond donors (Lipinski definition) is 2. The first-order valence-electron chi connectivity index (χ1n) is 6.10. The van der Waals surface area contributed by atoms with Gasteiger partial charge in [0.1, 0.15) is 5.82 Å². The lowest BCUT2D eigenvalue weighted by Gasteiger charge is -2.10. The van der Waals surface area contributed by atoms with E-state index in [2.05, 4.69) is 10.3 Å². The van der Waals surface area contributed by atoms with Crippen molar-refractivity contribution in [2.24, 2.45) is 0 Å². The second-order valence-electron chi connectivity index (χ2n) is 4.55. The molecule has 18 heavy (non-hydrogen) atoms. The number of aliphatic hydroxyl groups is 1. The van der Waals surface area contributed by atoms with Crippen molar-refractivity contribution < 1.29 is 9.90 Å². The molecular weight excluding hydrogens is 230 g/mol. The minimum Gasteiger partial charge on any atom is -0.393 e. The summed E-state index contributed by atoms with van der Waals surface area (Å²) in [4.78, 5) is 17.3. The predicted octanol–water partition coefficient (Wildman–Crippen LogP) is 1.36. The molecule has 1 heterocycles. The molecule has 5 nitrogen and oxygen atoms in total. The van der Waals surface area contributed by atoms with Gasteiger partial charge in [0.25, 0.3) is 5.91 Å². The van der Waals surface area contributed by atoms with Crippen LogP contribution in [-0.4, -0.2) is 47.6 Å². The van der Waals surface area contributed by atoms with Crippen LogP contribution >= 0.6 is 0 Å². The zero-order valence-corrected chi connectivity index (χ0v) is 11.2. The van der Waals surface area contributed by atoms with Gasteiger partial charge in [-0.25, -0.2) is 4.98 Å². The molecule has 1 unspecified atom stereocenters. The smallest absolute Gasteiger partial charge is 0.254 e. The zero-order valence-electron chi connectivity index (χ0n) is 11.2. The van der Waals surface area contributed by atoms with E-state index in [1.54, 1.807) is 39.3 Å². The molecule has 1 amide bonds. The Balaban J connectivity index is 2.43. The molecule has 2 N–H and O–H groups in total. The van der Waals surface area contributed by atoms with Crippen molar-refractivity contribution in [1.82, 2.24) is 9.88 Å². The van der Waals surface area contributed by atoms with Crippen LogP contribution in [-0.2, 0) is 0 Å². The number of rotatable bonds is 6. The highest BCUT2D eigenvalue weighted by Crippen LogP contribution is 2.07. The van der Waals surface area contributed by atoms with Gasteiger partial charge in [0, 0.05) is 26.8 Å². The third kappa shape index (κ3) is 4.71. The summed E-state index contributed by atoms with van der Waals surface area (Å²) in [5, 5.41) is 12.3. The van der Waals surface area contributed by atoms with Crippen molar-refractivity contribution in [1.29, 1.82) is 0 Å². The van der Waals surface area contributed by atoms with E-state index in [-0.39, 0.29) is 12.0 Å². The molecule has 0 fully saturated rings. The Bertz CT molecular complexity index is 374. The number of hydrogen-bond acceptors (Lipinski definition) is 4. The number of nitrogens with one attached hydrogen (secondary N) is 1. The van der Waals surface area contributed by atoms with Crippen LogP contribution < -0.4 is 5.32 Å². The second kappa shape index (κ2) is 6.96. The van der Waals surface area contributed by atoms with Crippen LogP contribution in [0.2, 0.25) is 0 Å². The molecule has 5 heteroatoms. The lowest BCUT2D eigenvalue weighted by molar-refractivity contribution is 0.0827. The van der Waals surface area contributed by atoms with Crippen LogP contribution in [0.25, 0.3) is 0 Å². The Morgan fingerprint density at radius 1 is 1.50 bits per heavy atom. The molecule has 0 saturated carbocycles. The maximum Gasteiger partial charge on any atom is 0.254 e. The largest absolute Gasteiger partial charge is 0.393 e. The van der Waals surface area contributed by atoms with Gasteiger partial charge in [-0.15, -0.1) is 0 Å². The summed E-state index contributed by atoms with van der Waals surface area (Å²) in [5.41, 5.74) is 0.578. The topological polar surface area (TPSA) is 65.5 Å². The quantitative estimate of drug-likeness (QED) is 0.749. The van der Waals surface area contributed by atoms with Crippen molar-refractivity contribution >= 4 is 11.7 Å². The van der Waals surface area contributed by atoms with E-state index in [0.717, 1.165) is 25.2 Å². The average molecular weight is 251 g/mol. The number of nitrogens with zero attached hydrogens (tertiary/aromatic N) is 2. The maximum absolute atomic E-state index is 11.6. The highest BCUT2D eigenvalue weighted by molar-refractivity contribution is 5.93. The third-order valence-electron chi connectivity index (χ3n) is 2.52. The first kappa shape index (κ1) is 14.4. The summed E-state index contributed by atoms with van der Waals surface area (Å²) in [6.07, 6.45) is 2.96. The van der Waals surface area contributed by atoms with E-state index in [4.69, 9.17) is 5.11 Å². The summed E-state index contributed by atoms with van der Waals surface area (Å²) < 4.78 is 0. The lowest BCUT2D eigenvalue weighted by Crippen LogP contribution is -2.21. The Labute approximate surface area is 108 Å². The van der Waals surface area contributed by atoms with Crippen molar-refractivity contribution in [2.45, 2.75) is 25.9 Å². The molecule has 1 rings (SSSR count). The lowest BCUT2D eigenvalue weighted by atomic mass is 10.2. The van der Waals surface area contributed by atoms with Gasteiger partial charge in [-0.05, 0) is 31.9 Å². The van der Waals surface area contributed by atoms with Gasteiger partial charge in [0.15, 0.2) is 0 Å². The Morgan fingerprint density at radius 3 is 2.72 bits per heavy atom. The molecule has 0 bridgehead atoms. The number of carbonyl (C=O) groups is 1. The van der Waals surface area contributed by atoms with Gasteiger partial charge in [-0.1, -0.05) is 0 Å². The molecule has 0 aliphatic carbocycles. The molecule has 100 valence electrons. The normalized spacial score (nSPS) is 12.0. The van der Waals surface area contributed by atoms with Gasteiger partial charge >= 0.3 is 0 Å². The van der Waals surface area contributed by atoms with Gasteiger partial charge in [0.2, 0.25) is 0 Å². The van der Waals surface area contributed by atoms with Crippen LogP contribution in [0.15, 0.2) is 18.3 Å². The molecule has 0 aliphatic heterocycles. The van der Waals surface area contributed by atoms with Crippen molar-refractivity contribution in [3.05, 3.63) is 23.9 Å². The number of pyridine rings is 1. The summed E-state index contributed by atoms with van der Waals surface area (Å²) in [6, 6.07) is 3.55. The van der Waals surface area contributed by atoms with Crippen molar-refractivity contribution in [3.8, 4) is 0 Å². The second-order valence-corrected chi connectivity index (χ2v) is 4.55. The molecule has 0 spiro atoms. The van der Waals surface area contributed by atoms with E-state index in [1.165, 1.54) is 4.90 Å². The summed E-state index contributed by atoms with van der Waals surface area (Å²) in [6.45, 7) is 2.54. The van der Waals surface area contributed by atoms with E-state index < -0.39 is 0 Å². The third-order valence-corrected chi connectivity index (χ3v) is 2.52. The van der Waals surface area contributed by atoms with Gasteiger partial charge in [0.05, 0.1) is 11.7 Å². The van der Waals surface area contributed by atoms with Gasteiger partial charge in [-0.3, -0.25) is 4.79 Å². The Morgan fingerprint density at radius 2 is 2.22 bits per heavy atom. The molecule has 1 atom stereocenters. The fourth-order valence-corrected chi connectivity index (χ4v) is 1.50. The minimum atomic E-state index is -0.264. The highest BCUT2D eigenvalue weighted by Gasteiger charge is 2.07. The number of amides is 1. The first-order valence-corrected chi connectivity index (χ1v) is 6.10. The van der Waals surface area contributed by atoms with Crippen LogP contribution in [0.4, 0.5) is 5.82 Å². The molecular formula is C13H21N3O2. The molecule has 0 saturated heterocycles. The first-order chi connectivity index (χ1) is 8.50. The summed E-state index contributed by atoms with van der Waals surface area (Å²) in [7, 11) is 3.43. The fourth-order valence-electron chi connectivity index (χ4n) is 1.50. The molecule has 0 aliphatic rings. The number of aliphatic hydroxyl groups excluding tert-OH is 1. The number of anilines is 1. The highest BCUT2D eigenvalue weighted by atomic mass is 16.3. The van der Waals surface area contributed by atoms with Crippen molar-refractivity contribution in [2.75, 3.05) is 26.0 Å². The molecule has 0 aromatic carbocycles. The van der Waals surface area contributed by atoms with Crippen LogP contribution in [0.1, 0.15) is 30.1 Å². The average Bonchev–Trinajstić information content (AvgIpc) is 2.34. The van der Waals surface area contributed by atoms with Crippen LogP contribution in [0.3, 0.4) is 0 Å². The Hall–Kier alpha value is -1.62. The predicted molar refractivity (Wildman–Crippen MR) is 71.7 cm³/mol. The van der Waals surface area contributed by atoms with Crippen LogP contribution in [0.5, 0.6) is 0 Å². The van der Waals surface area contributed by atoms with E-state index >= 15 is 0 Å². The summed E-state index contributed by atoms with van der Waals surface area (Å²) in [5.74, 6) is 0.694. The van der Waals surface area contributed by atoms with Gasteiger partial charge in [-0.2, -0.15) is 0 Å². The maximum atomic E-state index is 11.6. The Kier molecular flexibility index (Phi) is 5.58. The molecule has 1 aromatic heterocycles. The number of carbonyl (C=O) groups excluding carboxylic acids is 1. The standard InChI is InChI=1S/C13H21N3O2/c1-10(17)5-4-8-14-12-7-6-11(9-15-12)13(18)16(2)3/h6-7,9-10,17H,4-5,8H2,1-3H3,(H,14,15). The SMILES string of the molecule is CC(O)CCCNc1ccc(C(=O)N(C)C)cn1. The van der Waals surface area contributed by atoms with Crippen molar-refractivity contribution in [3.63, 3.8) is 0 Å². The van der Waals surface area contributed by atoms with Gasteiger partial charge < -0.3 is 15.3 Å². The zero-order chi connectivity index (χ0) is 13.5. The monoisotopic (exact) mass is 251 g/mol. The van der Waals surface area contributed by atoms with E-state index in [1.807, 2.05) is 0 Å². The van der Waals surface area contributed by atoms with E-state index in [0.29, 0.717) is 5.56 Å². The van der Waals surface area contributed by atoms with Crippen LogP contribution in [0, 0.1) is 0 Å². The molecule has 0 radical (unpaired) electrons. The molecule has 1 aromatic rings. The minimum absolute atomic E-state index is 0.0526. The fraction of sp³-hybridized carbons (Fsp3) is 0.538.